The second-order valence-corrected chi connectivity index (χ2v) is 6.86. The molecule has 0 spiro atoms. The number of aliphatic imine (C=N–C) groups is 1. The van der Waals surface area contributed by atoms with E-state index in [0.717, 1.165) is 36.3 Å². The minimum absolute atomic E-state index is 0.643. The van der Waals surface area contributed by atoms with Gasteiger partial charge in [-0.25, -0.2) is 0 Å². The summed E-state index contributed by atoms with van der Waals surface area (Å²) in [4.78, 5) is 7.95. The van der Waals surface area contributed by atoms with Crippen LogP contribution in [0.3, 0.4) is 0 Å². The molecule has 0 aromatic heterocycles. The van der Waals surface area contributed by atoms with E-state index in [9.17, 15) is 0 Å². The molecule has 1 saturated heterocycles. The molecule has 2 heterocycles. The minimum atomic E-state index is 0.643. The average Bonchev–Trinajstić information content (AvgIpc) is 3.21. The first kappa shape index (κ1) is 16.1. The minimum Gasteiger partial charge on any atom is -0.372 e. The van der Waals surface area contributed by atoms with Gasteiger partial charge < -0.3 is 10.6 Å². The van der Waals surface area contributed by atoms with Crippen LogP contribution in [0, 0.1) is 0 Å². The number of thioether (sulfide) groups is 1. The molecule has 2 aliphatic rings. The highest BCUT2D eigenvalue weighted by Crippen LogP contribution is 2.29. The molecule has 2 N–H and O–H groups in total. The Morgan fingerprint density at radius 2 is 1.83 bits per heavy atom. The van der Waals surface area contributed by atoms with Gasteiger partial charge in [-0.2, -0.15) is 0 Å². The van der Waals surface area contributed by atoms with Gasteiger partial charge in [-0.05, 0) is 55.5 Å². The van der Waals surface area contributed by atoms with Crippen LogP contribution in [0.5, 0.6) is 0 Å². The SMILES string of the molecule is CCN(CC)c1ccc(C=C2SC(=[N+]3CCCC3)N=C2N)cc1. The summed E-state index contributed by atoms with van der Waals surface area (Å²) in [6.45, 7) is 8.62. The predicted molar refractivity (Wildman–Crippen MR) is 101 cm³/mol. The van der Waals surface area contributed by atoms with E-state index in [2.05, 4.69) is 58.7 Å². The van der Waals surface area contributed by atoms with Crippen molar-refractivity contribution >= 4 is 34.5 Å². The monoisotopic (exact) mass is 329 g/mol. The van der Waals surface area contributed by atoms with Gasteiger partial charge in [0.2, 0.25) is 0 Å². The van der Waals surface area contributed by atoms with Gasteiger partial charge in [-0.3, -0.25) is 4.58 Å². The quantitative estimate of drug-likeness (QED) is 0.863. The van der Waals surface area contributed by atoms with E-state index in [4.69, 9.17) is 5.73 Å². The van der Waals surface area contributed by atoms with Crippen molar-refractivity contribution in [3.63, 3.8) is 0 Å². The van der Waals surface area contributed by atoms with Crippen LogP contribution in [-0.2, 0) is 0 Å². The Kier molecular flexibility index (Phi) is 5.06. The van der Waals surface area contributed by atoms with Gasteiger partial charge in [-0.1, -0.05) is 12.1 Å². The van der Waals surface area contributed by atoms with Gasteiger partial charge in [0.1, 0.15) is 0 Å². The fourth-order valence-electron chi connectivity index (χ4n) is 3.00. The Bertz CT molecular complexity index is 646. The van der Waals surface area contributed by atoms with Gasteiger partial charge in [0.25, 0.3) is 5.84 Å². The molecule has 5 heteroatoms. The Hall–Kier alpha value is -1.75. The van der Waals surface area contributed by atoms with Crippen LogP contribution in [0.1, 0.15) is 32.3 Å². The standard InChI is InChI=1S/C18H24N4S/c1-3-21(4-2)15-9-7-14(8-10-15)13-16-17(19)20-18(23-16)22-11-5-6-12-22/h7-10,13,19H,3-6,11-12H2,1-2H3/p+1. The third-order valence-electron chi connectivity index (χ3n) is 4.37. The Balaban J connectivity index is 1.77. The number of hydrogen-bond acceptors (Lipinski definition) is 3. The number of nitrogens with zero attached hydrogens (tertiary/aromatic N) is 3. The van der Waals surface area contributed by atoms with Crippen LogP contribution in [0.2, 0.25) is 0 Å². The fraction of sp³-hybridized carbons (Fsp3) is 0.444. The molecule has 0 saturated carbocycles. The lowest BCUT2D eigenvalue weighted by Gasteiger charge is -2.20. The van der Waals surface area contributed by atoms with E-state index in [1.165, 1.54) is 24.1 Å². The third kappa shape index (κ3) is 3.61. The Morgan fingerprint density at radius 3 is 2.43 bits per heavy atom. The van der Waals surface area contributed by atoms with Crippen molar-refractivity contribution in [1.82, 2.24) is 0 Å². The molecule has 4 nitrogen and oxygen atoms in total. The molecule has 2 aliphatic heterocycles. The molecule has 0 amide bonds. The molecule has 3 rings (SSSR count). The summed E-state index contributed by atoms with van der Waals surface area (Å²) in [6, 6.07) is 8.67. The van der Waals surface area contributed by atoms with Crippen molar-refractivity contribution in [2.45, 2.75) is 26.7 Å². The summed E-state index contributed by atoms with van der Waals surface area (Å²) >= 11 is 1.69. The molecule has 1 fully saturated rings. The van der Waals surface area contributed by atoms with Crippen LogP contribution in [0.4, 0.5) is 5.69 Å². The summed E-state index contributed by atoms with van der Waals surface area (Å²) in [7, 11) is 0. The van der Waals surface area contributed by atoms with E-state index in [1.54, 1.807) is 11.8 Å². The second kappa shape index (κ2) is 7.21. The molecule has 0 unspecified atom stereocenters. The molecule has 1 aromatic carbocycles. The molecule has 0 radical (unpaired) electrons. The molecular formula is C18H25N4S+. The van der Waals surface area contributed by atoms with Crippen LogP contribution in [-0.4, -0.2) is 41.8 Å². The summed E-state index contributed by atoms with van der Waals surface area (Å²) in [5, 5.41) is 1.06. The molecule has 23 heavy (non-hydrogen) atoms. The van der Waals surface area contributed by atoms with E-state index in [1.807, 2.05) is 0 Å². The summed E-state index contributed by atoms with van der Waals surface area (Å²) in [5.74, 6) is 0.643. The van der Waals surface area contributed by atoms with Gasteiger partial charge in [0.05, 0.1) is 18.0 Å². The number of rotatable bonds is 4. The molecule has 1 aromatic rings. The zero-order valence-corrected chi connectivity index (χ0v) is 14.8. The maximum absolute atomic E-state index is 6.11. The normalized spacial score (nSPS) is 19.6. The molecule has 0 bridgehead atoms. The summed E-state index contributed by atoms with van der Waals surface area (Å²) in [5.41, 5.74) is 8.55. The Labute approximate surface area is 142 Å². The van der Waals surface area contributed by atoms with Crippen molar-refractivity contribution in [2.75, 3.05) is 31.1 Å². The van der Waals surface area contributed by atoms with Crippen LogP contribution in [0.15, 0.2) is 34.2 Å². The number of amidine groups is 2. The van der Waals surface area contributed by atoms with Crippen molar-refractivity contribution in [3.05, 3.63) is 34.7 Å². The van der Waals surface area contributed by atoms with Crippen molar-refractivity contribution in [1.29, 1.82) is 0 Å². The lowest BCUT2D eigenvalue weighted by molar-refractivity contribution is -0.503. The zero-order chi connectivity index (χ0) is 16.2. The van der Waals surface area contributed by atoms with Gasteiger partial charge >= 0.3 is 5.17 Å². The lowest BCUT2D eigenvalue weighted by Crippen LogP contribution is -2.21. The third-order valence-corrected chi connectivity index (χ3v) is 5.44. The van der Waals surface area contributed by atoms with E-state index >= 15 is 0 Å². The fourth-order valence-corrected chi connectivity index (χ4v) is 4.00. The lowest BCUT2D eigenvalue weighted by atomic mass is 10.1. The summed E-state index contributed by atoms with van der Waals surface area (Å²) in [6.07, 6.45) is 4.65. The van der Waals surface area contributed by atoms with E-state index in [0.29, 0.717) is 5.84 Å². The van der Waals surface area contributed by atoms with Crippen LogP contribution < -0.4 is 10.6 Å². The van der Waals surface area contributed by atoms with Crippen molar-refractivity contribution < 1.29 is 4.58 Å². The largest absolute Gasteiger partial charge is 0.372 e. The van der Waals surface area contributed by atoms with Crippen LogP contribution >= 0.6 is 11.8 Å². The number of hydrogen-bond donors (Lipinski definition) is 1. The highest BCUT2D eigenvalue weighted by atomic mass is 32.2. The highest BCUT2D eigenvalue weighted by molar-refractivity contribution is 8.18. The average molecular weight is 329 g/mol. The van der Waals surface area contributed by atoms with Crippen LogP contribution in [0.25, 0.3) is 6.08 Å². The molecule has 122 valence electrons. The van der Waals surface area contributed by atoms with Crippen molar-refractivity contribution in [3.8, 4) is 0 Å². The molecule has 0 aliphatic carbocycles. The predicted octanol–water partition coefficient (Wildman–Crippen LogP) is 3.14. The smallest absolute Gasteiger partial charge is 0.362 e. The zero-order valence-electron chi connectivity index (χ0n) is 14.0. The van der Waals surface area contributed by atoms with E-state index in [-0.39, 0.29) is 0 Å². The Morgan fingerprint density at radius 1 is 1.17 bits per heavy atom. The molecule has 0 atom stereocenters. The maximum atomic E-state index is 6.11. The van der Waals surface area contributed by atoms with Gasteiger partial charge in [-0.15, -0.1) is 0 Å². The first-order valence-electron chi connectivity index (χ1n) is 8.42. The first-order chi connectivity index (χ1) is 11.2. The topological polar surface area (TPSA) is 44.6 Å². The van der Waals surface area contributed by atoms with Crippen molar-refractivity contribution in [2.24, 2.45) is 10.7 Å². The summed E-state index contributed by atoms with van der Waals surface area (Å²) < 4.78 is 2.34. The number of nitrogens with two attached hydrogens (primary N) is 1. The van der Waals surface area contributed by atoms with Gasteiger partial charge in [0.15, 0.2) is 0 Å². The first-order valence-corrected chi connectivity index (χ1v) is 9.24. The molecular weight excluding hydrogens is 304 g/mol. The maximum Gasteiger partial charge on any atom is 0.362 e. The highest BCUT2D eigenvalue weighted by Gasteiger charge is 2.30. The van der Waals surface area contributed by atoms with E-state index < -0.39 is 0 Å². The number of anilines is 1. The second-order valence-electron chi connectivity index (χ2n) is 5.85. The number of benzene rings is 1. The van der Waals surface area contributed by atoms with Gasteiger partial charge in [0, 0.05) is 30.5 Å².